The Balaban J connectivity index is 2.53. The van der Waals surface area contributed by atoms with Gasteiger partial charge in [-0.1, -0.05) is 0 Å². The molecule has 0 aromatic heterocycles. The summed E-state index contributed by atoms with van der Waals surface area (Å²) in [6.45, 7) is 1.10. The van der Waals surface area contributed by atoms with Gasteiger partial charge in [0.2, 0.25) is 0 Å². The van der Waals surface area contributed by atoms with Crippen LogP contribution in [0.25, 0.3) is 0 Å². The summed E-state index contributed by atoms with van der Waals surface area (Å²) in [4.78, 5) is 2.93. The molecule has 0 N–H and O–H groups in total. The maximum absolute atomic E-state index is 3.14. The van der Waals surface area contributed by atoms with E-state index in [2.05, 4.69) is 50.9 Å². The Hall–Kier alpha value is 0.479. The van der Waals surface area contributed by atoms with Crippen LogP contribution in [-0.2, 0) is 0 Å². The molecule has 1 aliphatic rings. The van der Waals surface area contributed by atoms with E-state index < -0.39 is 0 Å². The van der Waals surface area contributed by atoms with Crippen molar-refractivity contribution in [1.29, 1.82) is 0 Å². The minimum atomic E-state index is 0.606. The van der Waals surface area contributed by atoms with Gasteiger partial charge in [0.15, 0.2) is 0 Å². The second kappa shape index (κ2) is 4.49. The van der Waals surface area contributed by atoms with Crippen molar-refractivity contribution < 1.29 is 0 Å². The van der Waals surface area contributed by atoms with Crippen LogP contribution < -0.4 is 0 Å². The predicted molar refractivity (Wildman–Crippen MR) is 51.0 cm³/mol. The van der Waals surface area contributed by atoms with Crippen LogP contribution in [0, 0.1) is 0 Å². The van der Waals surface area contributed by atoms with Crippen LogP contribution in [0.15, 0.2) is 23.8 Å². The molecule has 0 aromatic rings. The van der Waals surface area contributed by atoms with Crippen LogP contribution >= 0.6 is 0 Å². The fourth-order valence-corrected chi connectivity index (χ4v) is 4.05. The van der Waals surface area contributed by atoms with Gasteiger partial charge in [-0.3, -0.25) is 0 Å². The molecule has 1 rings (SSSR count). The molecule has 3 heteroatoms. The fraction of sp³-hybridized carbons (Fsp3) is 0.500. The zero-order valence-corrected chi connectivity index (χ0v) is 10.2. The number of rotatable bonds is 3. The minimum absolute atomic E-state index is 0.606. The number of allylic oxidation sites excluding steroid dienone is 3. The van der Waals surface area contributed by atoms with Crippen molar-refractivity contribution in [2.75, 3.05) is 20.6 Å². The molecule has 0 aromatic carbocycles. The summed E-state index contributed by atoms with van der Waals surface area (Å²) in [5.74, 6) is 0. The summed E-state index contributed by atoms with van der Waals surface area (Å²) in [6, 6.07) is 0. The molecule has 0 fully saturated rings. The molecule has 1 radical (unpaired) electrons. The predicted octanol–water partition coefficient (Wildman–Crippen LogP) is 0.620. The third-order valence-corrected chi connectivity index (χ3v) is 5.22. The third-order valence-electron chi connectivity index (χ3n) is 1.56. The summed E-state index contributed by atoms with van der Waals surface area (Å²) in [5.41, 5.74) is 1.55. The zero-order chi connectivity index (χ0) is 8.27. The number of hydrogen-bond acceptors (Lipinski definition) is 1. The van der Waals surface area contributed by atoms with Crippen LogP contribution in [0.2, 0.25) is 4.82 Å². The van der Waals surface area contributed by atoms with Crippen LogP contribution in [0.5, 0.6) is 0 Å². The standard InChI is InChI=1S/C8H12NSe2/c1-9(2)6-7-4-3-5-8(7)11-10/h3-5,8H,6H2,1-2H3. The Labute approximate surface area is 80.4 Å². The van der Waals surface area contributed by atoms with E-state index in [4.69, 9.17) is 0 Å². The molecule has 0 heterocycles. The van der Waals surface area contributed by atoms with Crippen LogP contribution in [0.1, 0.15) is 0 Å². The van der Waals surface area contributed by atoms with Crippen molar-refractivity contribution in [1.82, 2.24) is 4.90 Å². The Kier molecular flexibility index (Phi) is 3.91. The van der Waals surface area contributed by atoms with Gasteiger partial charge in [0.25, 0.3) is 0 Å². The summed E-state index contributed by atoms with van der Waals surface area (Å²) < 4.78 is 0. The molecule has 1 nitrogen and oxygen atoms in total. The van der Waals surface area contributed by atoms with E-state index in [1.807, 2.05) is 0 Å². The molecule has 1 aliphatic carbocycles. The first-order valence-electron chi connectivity index (χ1n) is 3.54. The zero-order valence-electron chi connectivity index (χ0n) is 6.78. The maximum atomic E-state index is 3.14. The number of hydrogen-bond donors (Lipinski definition) is 0. The number of nitrogens with zero attached hydrogens (tertiary/aromatic N) is 1. The number of likely N-dealkylation sites (N-methyl/N-ethyl adjacent to an activating group) is 1. The normalized spacial score (nSPS) is 22.5. The summed E-state index contributed by atoms with van der Waals surface area (Å²) in [7, 11) is 4.23. The monoisotopic (exact) mass is 282 g/mol. The second-order valence-electron chi connectivity index (χ2n) is 2.88. The first-order chi connectivity index (χ1) is 5.24. The van der Waals surface area contributed by atoms with Gasteiger partial charge in [-0.25, -0.2) is 0 Å². The van der Waals surface area contributed by atoms with Gasteiger partial charge in [-0.2, -0.15) is 0 Å². The van der Waals surface area contributed by atoms with E-state index in [0.29, 0.717) is 17.4 Å². The molecular weight excluding hydrogens is 268 g/mol. The average Bonchev–Trinajstić information content (AvgIpc) is 2.34. The molecule has 1 unspecified atom stereocenters. The first kappa shape index (κ1) is 9.57. The molecule has 61 valence electrons. The SMILES string of the molecule is CN(C)CC1=CC=CC1[Se]=[Se]. The van der Waals surface area contributed by atoms with E-state index in [1.54, 1.807) is 5.57 Å². The van der Waals surface area contributed by atoms with E-state index in [9.17, 15) is 0 Å². The quantitative estimate of drug-likeness (QED) is 0.685. The molecule has 0 saturated heterocycles. The summed E-state index contributed by atoms with van der Waals surface area (Å²) in [6.07, 6.45) is 6.70. The Morgan fingerprint density at radius 1 is 1.64 bits per heavy atom. The summed E-state index contributed by atoms with van der Waals surface area (Å²) in [5, 5.41) is 0. The van der Waals surface area contributed by atoms with Crippen molar-refractivity contribution >= 4 is 26.3 Å². The van der Waals surface area contributed by atoms with Crippen molar-refractivity contribution in [2.24, 2.45) is 0 Å². The van der Waals surface area contributed by atoms with Gasteiger partial charge in [0, 0.05) is 0 Å². The Morgan fingerprint density at radius 3 is 2.91 bits per heavy atom. The molecular formula is C8H12NSe2. The van der Waals surface area contributed by atoms with E-state index in [1.165, 1.54) is 0 Å². The van der Waals surface area contributed by atoms with Gasteiger partial charge in [0.05, 0.1) is 0 Å². The van der Waals surface area contributed by atoms with Crippen molar-refractivity contribution in [2.45, 2.75) is 4.82 Å². The van der Waals surface area contributed by atoms with Gasteiger partial charge in [-0.05, 0) is 0 Å². The van der Waals surface area contributed by atoms with Crippen LogP contribution in [0.3, 0.4) is 0 Å². The molecule has 1 atom stereocenters. The van der Waals surface area contributed by atoms with Crippen LogP contribution in [-0.4, -0.2) is 51.8 Å². The van der Waals surface area contributed by atoms with Gasteiger partial charge >= 0.3 is 80.4 Å². The molecule has 0 saturated carbocycles. The average molecular weight is 280 g/mol. The van der Waals surface area contributed by atoms with E-state index >= 15 is 0 Å². The fourth-order valence-electron chi connectivity index (χ4n) is 1.10. The molecule has 0 aliphatic heterocycles. The third kappa shape index (κ3) is 2.77. The van der Waals surface area contributed by atoms with E-state index in [-0.39, 0.29) is 0 Å². The topological polar surface area (TPSA) is 3.24 Å². The molecule has 0 amide bonds. The Morgan fingerprint density at radius 2 is 2.36 bits per heavy atom. The van der Waals surface area contributed by atoms with Crippen molar-refractivity contribution in [3.8, 4) is 0 Å². The van der Waals surface area contributed by atoms with Crippen LogP contribution in [0.4, 0.5) is 0 Å². The van der Waals surface area contributed by atoms with Gasteiger partial charge < -0.3 is 0 Å². The van der Waals surface area contributed by atoms with Gasteiger partial charge in [0.1, 0.15) is 0 Å². The molecule has 11 heavy (non-hydrogen) atoms. The summed E-state index contributed by atoms with van der Waals surface area (Å²) >= 11 is 3.75. The molecule has 0 bridgehead atoms. The van der Waals surface area contributed by atoms with Crippen molar-refractivity contribution in [3.05, 3.63) is 23.8 Å². The molecule has 0 spiro atoms. The van der Waals surface area contributed by atoms with E-state index in [0.717, 1.165) is 6.54 Å². The second-order valence-corrected chi connectivity index (χ2v) is 6.45. The first-order valence-corrected chi connectivity index (χ1v) is 8.87. The van der Waals surface area contributed by atoms with Gasteiger partial charge in [-0.15, -0.1) is 0 Å². The Bertz CT molecular complexity index is 206. The van der Waals surface area contributed by atoms with Crippen molar-refractivity contribution in [3.63, 3.8) is 0 Å².